The van der Waals surface area contributed by atoms with Crippen LogP contribution in [0.3, 0.4) is 0 Å². The van der Waals surface area contributed by atoms with E-state index in [-0.39, 0.29) is 17.9 Å². The summed E-state index contributed by atoms with van der Waals surface area (Å²) in [5.41, 5.74) is 11.1. The lowest BCUT2D eigenvalue weighted by molar-refractivity contribution is -0.138. The van der Waals surface area contributed by atoms with E-state index < -0.39 is 23.7 Å². The topological polar surface area (TPSA) is 106 Å². The summed E-state index contributed by atoms with van der Waals surface area (Å²) < 4.78 is 13.2. The maximum absolute atomic E-state index is 13.2. The summed E-state index contributed by atoms with van der Waals surface area (Å²) >= 11 is 0. The molecular formula is C16H19FN3O3. The van der Waals surface area contributed by atoms with Crippen molar-refractivity contribution in [3.8, 4) is 0 Å². The maximum atomic E-state index is 13.2. The van der Waals surface area contributed by atoms with Crippen LogP contribution >= 0.6 is 0 Å². The van der Waals surface area contributed by atoms with Crippen LogP contribution in [0.25, 0.3) is 0 Å². The number of hydrogen-bond acceptors (Lipinski definition) is 3. The van der Waals surface area contributed by atoms with Crippen LogP contribution in [-0.2, 0) is 16.0 Å². The zero-order valence-electron chi connectivity index (χ0n) is 12.6. The highest BCUT2D eigenvalue weighted by atomic mass is 19.1. The van der Waals surface area contributed by atoms with Gasteiger partial charge in [-0.3, -0.25) is 14.4 Å². The van der Waals surface area contributed by atoms with Crippen molar-refractivity contribution in [2.45, 2.75) is 31.7 Å². The number of hydrogen-bond donors (Lipinski definition) is 2. The molecule has 1 heterocycles. The van der Waals surface area contributed by atoms with E-state index in [1.807, 2.05) is 0 Å². The van der Waals surface area contributed by atoms with Crippen molar-refractivity contribution in [1.82, 2.24) is 4.90 Å². The van der Waals surface area contributed by atoms with E-state index in [2.05, 4.69) is 0 Å². The Morgan fingerprint density at radius 1 is 1.26 bits per heavy atom. The minimum atomic E-state index is -0.756. The highest BCUT2D eigenvalue weighted by Crippen LogP contribution is 2.19. The molecule has 0 aromatic heterocycles. The normalized spacial score (nSPS) is 17.8. The lowest BCUT2D eigenvalue weighted by atomic mass is 9.98. The number of nitrogens with two attached hydrogens (primary N) is 2. The first-order chi connectivity index (χ1) is 10.9. The Kier molecular flexibility index (Phi) is 5.31. The predicted octanol–water partition coefficient (Wildman–Crippen LogP) is 0.538. The second-order valence-corrected chi connectivity index (χ2v) is 5.52. The van der Waals surface area contributed by atoms with Crippen molar-refractivity contribution in [3.05, 3.63) is 41.6 Å². The zero-order valence-corrected chi connectivity index (χ0v) is 12.6. The van der Waals surface area contributed by atoms with Crippen molar-refractivity contribution in [1.29, 1.82) is 0 Å². The van der Waals surface area contributed by atoms with Gasteiger partial charge in [-0.1, -0.05) is 6.07 Å². The summed E-state index contributed by atoms with van der Waals surface area (Å²) in [6.07, 6.45) is 3.70. The highest BCUT2D eigenvalue weighted by Gasteiger charge is 2.30. The highest BCUT2D eigenvalue weighted by molar-refractivity contribution is 5.95. The van der Waals surface area contributed by atoms with Crippen molar-refractivity contribution < 1.29 is 18.8 Å². The quantitative estimate of drug-likeness (QED) is 0.826. The molecule has 23 heavy (non-hydrogen) atoms. The Balaban J connectivity index is 2.07. The smallest absolute Gasteiger partial charge is 0.249 e. The summed E-state index contributed by atoms with van der Waals surface area (Å²) in [5.74, 6) is -2.17. The molecule has 1 aromatic carbocycles. The Hall–Kier alpha value is -2.44. The fraction of sp³-hybridized carbons (Fsp3) is 0.375. The molecule has 0 aliphatic carbocycles. The average Bonchev–Trinajstić information content (AvgIpc) is 2.53. The summed E-state index contributed by atoms with van der Waals surface area (Å²) in [5, 5.41) is 0. The third-order valence-corrected chi connectivity index (χ3v) is 3.95. The molecule has 1 unspecified atom stereocenters. The van der Waals surface area contributed by atoms with Gasteiger partial charge in [-0.15, -0.1) is 0 Å². The van der Waals surface area contributed by atoms with E-state index in [1.165, 1.54) is 23.5 Å². The number of likely N-dealkylation sites (tertiary alicyclic amines) is 1. The minimum Gasteiger partial charge on any atom is -0.368 e. The molecule has 123 valence electrons. The number of halogens is 1. The fourth-order valence-corrected chi connectivity index (χ4v) is 2.76. The van der Waals surface area contributed by atoms with Gasteiger partial charge in [0.25, 0.3) is 0 Å². The number of nitrogens with zero attached hydrogens (tertiary/aromatic N) is 1. The van der Waals surface area contributed by atoms with Crippen LogP contribution in [-0.4, -0.2) is 35.2 Å². The van der Waals surface area contributed by atoms with Gasteiger partial charge in [-0.25, -0.2) is 4.39 Å². The second kappa shape index (κ2) is 7.21. The number of primary amides is 2. The van der Waals surface area contributed by atoms with E-state index in [9.17, 15) is 18.8 Å². The second-order valence-electron chi connectivity index (χ2n) is 5.52. The number of carbonyl (C=O) groups is 3. The molecule has 1 radical (unpaired) electrons. The Bertz CT molecular complexity index is 633. The van der Waals surface area contributed by atoms with E-state index in [1.54, 1.807) is 0 Å². The van der Waals surface area contributed by atoms with Crippen LogP contribution in [0, 0.1) is 12.2 Å². The van der Waals surface area contributed by atoms with Crippen LogP contribution in [0.5, 0.6) is 0 Å². The third-order valence-electron chi connectivity index (χ3n) is 3.95. The molecule has 2 rings (SSSR count). The van der Waals surface area contributed by atoms with Gasteiger partial charge in [0.05, 0.1) is 6.42 Å². The number of carbonyl (C=O) groups excluding carboxylic acids is 3. The van der Waals surface area contributed by atoms with Gasteiger partial charge in [0.1, 0.15) is 11.9 Å². The first-order valence-corrected chi connectivity index (χ1v) is 7.41. The van der Waals surface area contributed by atoms with Gasteiger partial charge in [0.15, 0.2) is 0 Å². The molecule has 7 heteroatoms. The lowest BCUT2D eigenvalue weighted by Crippen LogP contribution is -2.50. The maximum Gasteiger partial charge on any atom is 0.249 e. The van der Waals surface area contributed by atoms with E-state index in [4.69, 9.17) is 11.5 Å². The molecule has 0 spiro atoms. The van der Waals surface area contributed by atoms with Crippen molar-refractivity contribution in [2.75, 3.05) is 6.54 Å². The molecule has 0 saturated carbocycles. The summed E-state index contributed by atoms with van der Waals surface area (Å²) in [6, 6.07) is 3.06. The van der Waals surface area contributed by atoms with Crippen molar-refractivity contribution in [2.24, 2.45) is 11.5 Å². The number of piperidine rings is 1. The Morgan fingerprint density at radius 2 is 2.00 bits per heavy atom. The van der Waals surface area contributed by atoms with Crippen molar-refractivity contribution in [3.63, 3.8) is 0 Å². The first-order valence-electron chi connectivity index (χ1n) is 7.41. The monoisotopic (exact) mass is 320 g/mol. The fourth-order valence-electron chi connectivity index (χ4n) is 2.76. The molecule has 6 nitrogen and oxygen atoms in total. The molecule has 1 aromatic rings. The molecular weight excluding hydrogens is 301 g/mol. The Morgan fingerprint density at radius 3 is 2.65 bits per heavy atom. The van der Waals surface area contributed by atoms with E-state index in [0.717, 1.165) is 18.9 Å². The van der Waals surface area contributed by atoms with E-state index >= 15 is 0 Å². The first kappa shape index (κ1) is 16.9. The number of amides is 3. The van der Waals surface area contributed by atoms with Gasteiger partial charge >= 0.3 is 0 Å². The number of benzene rings is 1. The summed E-state index contributed by atoms with van der Waals surface area (Å²) in [4.78, 5) is 36.5. The van der Waals surface area contributed by atoms with Gasteiger partial charge in [0.2, 0.25) is 17.7 Å². The van der Waals surface area contributed by atoms with Crippen LogP contribution < -0.4 is 11.5 Å². The van der Waals surface area contributed by atoms with Gasteiger partial charge in [0, 0.05) is 12.1 Å². The third kappa shape index (κ3) is 4.06. The number of rotatable bonds is 5. The Labute approximate surface area is 133 Å². The van der Waals surface area contributed by atoms with Crippen LogP contribution in [0.1, 0.15) is 35.2 Å². The summed E-state index contributed by atoms with van der Waals surface area (Å²) in [6.45, 7) is 0.467. The van der Waals surface area contributed by atoms with Crippen LogP contribution in [0.4, 0.5) is 4.39 Å². The molecule has 1 saturated heterocycles. The molecule has 1 aliphatic heterocycles. The SMILES string of the molecule is NC(=O)c1cc(F)ccc1C[CH]C(=O)N1CCCCC1C(N)=O. The zero-order chi connectivity index (χ0) is 17.0. The molecule has 3 amide bonds. The van der Waals surface area contributed by atoms with Gasteiger partial charge in [-0.05, 0) is 43.4 Å². The molecule has 0 bridgehead atoms. The molecule has 1 atom stereocenters. The van der Waals surface area contributed by atoms with Gasteiger partial charge < -0.3 is 16.4 Å². The van der Waals surface area contributed by atoms with Crippen LogP contribution in [0.15, 0.2) is 18.2 Å². The van der Waals surface area contributed by atoms with Crippen LogP contribution in [0.2, 0.25) is 0 Å². The largest absolute Gasteiger partial charge is 0.368 e. The van der Waals surface area contributed by atoms with Crippen molar-refractivity contribution >= 4 is 17.7 Å². The van der Waals surface area contributed by atoms with Gasteiger partial charge in [-0.2, -0.15) is 0 Å². The standard InChI is InChI=1S/C16H19FN3O3/c17-11-6-4-10(12(9-11)15(18)22)5-7-14(21)20-8-2-1-3-13(20)16(19)23/h4,6-7,9,13H,1-3,5,8H2,(H2,18,22)(H2,19,23). The minimum absolute atomic E-state index is 0.0409. The molecule has 1 aliphatic rings. The average molecular weight is 320 g/mol. The lowest BCUT2D eigenvalue weighted by Gasteiger charge is -2.33. The summed E-state index contributed by atoms with van der Waals surface area (Å²) in [7, 11) is 0. The molecule has 4 N–H and O–H groups in total. The molecule has 1 fully saturated rings. The van der Waals surface area contributed by atoms with E-state index in [0.29, 0.717) is 18.5 Å². The predicted molar refractivity (Wildman–Crippen MR) is 81.5 cm³/mol.